The lowest BCUT2D eigenvalue weighted by Gasteiger charge is -2.12. The van der Waals surface area contributed by atoms with E-state index in [-0.39, 0.29) is 0 Å². The molecule has 0 aromatic heterocycles. The molecule has 2 N–H and O–H groups in total. The maximum Gasteiger partial charge on any atom is 0.0897 e. The van der Waals surface area contributed by atoms with Crippen molar-refractivity contribution in [3.63, 3.8) is 0 Å². The van der Waals surface area contributed by atoms with Crippen LogP contribution in [0.5, 0.6) is 0 Å². The molecule has 1 aromatic rings. The summed E-state index contributed by atoms with van der Waals surface area (Å²) in [7, 11) is 0. The zero-order chi connectivity index (χ0) is 13.7. The van der Waals surface area contributed by atoms with E-state index in [1.165, 1.54) is 6.42 Å². The second-order valence-electron chi connectivity index (χ2n) is 5.43. The minimum Gasteiger partial charge on any atom is -0.389 e. The summed E-state index contributed by atoms with van der Waals surface area (Å²) in [6.07, 6.45) is 0.872. The van der Waals surface area contributed by atoms with Crippen LogP contribution in [0.1, 0.15) is 18.9 Å². The fraction of sp³-hybridized carbons (Fsp3) is 0.600. The summed E-state index contributed by atoms with van der Waals surface area (Å²) in [6, 6.07) is 7.55. The third kappa shape index (κ3) is 5.49. The largest absolute Gasteiger partial charge is 0.389 e. The van der Waals surface area contributed by atoms with E-state index in [0.717, 1.165) is 29.0 Å². The van der Waals surface area contributed by atoms with Crippen LogP contribution in [0.15, 0.2) is 24.3 Å². The number of hydrogen-bond acceptors (Lipinski definition) is 3. The molecule has 1 aromatic carbocycles. The molecule has 1 fully saturated rings. The fourth-order valence-electron chi connectivity index (χ4n) is 2.07. The molecule has 2 rings (SSSR count). The third-order valence-electron chi connectivity index (χ3n) is 3.55. The number of ether oxygens (including phenoxy) is 1. The van der Waals surface area contributed by atoms with Crippen molar-refractivity contribution in [2.75, 3.05) is 19.7 Å². The first-order chi connectivity index (χ1) is 9.15. The van der Waals surface area contributed by atoms with Crippen LogP contribution in [-0.2, 0) is 11.3 Å². The van der Waals surface area contributed by atoms with Crippen LogP contribution in [0, 0.1) is 11.8 Å². The predicted octanol–water partition coefficient (Wildman–Crippen LogP) is 2.46. The molecule has 0 saturated heterocycles. The molecule has 0 aliphatic heterocycles. The van der Waals surface area contributed by atoms with E-state index in [4.69, 9.17) is 16.3 Å². The maximum atomic E-state index is 9.76. The van der Waals surface area contributed by atoms with Gasteiger partial charge in [-0.3, -0.25) is 0 Å². The minimum atomic E-state index is -0.443. The maximum absolute atomic E-state index is 9.76. The molecule has 1 saturated carbocycles. The SMILES string of the molecule is CC1CC1CNCC(O)COCc1ccc(Cl)cc1. The van der Waals surface area contributed by atoms with Gasteiger partial charge in [0.1, 0.15) is 0 Å². The molecule has 1 aliphatic rings. The Bertz CT molecular complexity index is 382. The van der Waals surface area contributed by atoms with Gasteiger partial charge in [0, 0.05) is 11.6 Å². The van der Waals surface area contributed by atoms with Gasteiger partial charge in [0.15, 0.2) is 0 Å². The molecule has 19 heavy (non-hydrogen) atoms. The highest BCUT2D eigenvalue weighted by molar-refractivity contribution is 6.30. The summed E-state index contributed by atoms with van der Waals surface area (Å²) in [6.45, 7) is 4.74. The van der Waals surface area contributed by atoms with Crippen LogP contribution in [0.4, 0.5) is 0 Å². The van der Waals surface area contributed by atoms with Crippen molar-refractivity contribution in [3.8, 4) is 0 Å². The van der Waals surface area contributed by atoms with Crippen molar-refractivity contribution >= 4 is 11.6 Å². The Morgan fingerprint density at radius 1 is 1.42 bits per heavy atom. The Morgan fingerprint density at radius 3 is 2.74 bits per heavy atom. The van der Waals surface area contributed by atoms with E-state index in [9.17, 15) is 5.11 Å². The quantitative estimate of drug-likeness (QED) is 0.770. The van der Waals surface area contributed by atoms with E-state index in [1.54, 1.807) is 0 Å². The van der Waals surface area contributed by atoms with Crippen LogP contribution in [0.2, 0.25) is 5.02 Å². The van der Waals surface area contributed by atoms with Crippen molar-refractivity contribution in [1.82, 2.24) is 5.32 Å². The van der Waals surface area contributed by atoms with Gasteiger partial charge in [-0.2, -0.15) is 0 Å². The Balaban J connectivity index is 1.53. The third-order valence-corrected chi connectivity index (χ3v) is 3.81. The zero-order valence-corrected chi connectivity index (χ0v) is 12.1. The predicted molar refractivity (Wildman–Crippen MR) is 77.3 cm³/mol. The van der Waals surface area contributed by atoms with Gasteiger partial charge in [0.2, 0.25) is 0 Å². The standard InChI is InChI=1S/C15H22ClNO2/c1-11-6-13(11)7-17-8-15(18)10-19-9-12-2-4-14(16)5-3-12/h2-5,11,13,15,17-18H,6-10H2,1H3. The second kappa shape index (κ2) is 7.25. The lowest BCUT2D eigenvalue weighted by Crippen LogP contribution is -2.31. The molecule has 3 atom stereocenters. The number of aliphatic hydroxyl groups excluding tert-OH is 1. The van der Waals surface area contributed by atoms with E-state index < -0.39 is 6.10 Å². The van der Waals surface area contributed by atoms with Gasteiger partial charge in [0.25, 0.3) is 0 Å². The molecule has 0 radical (unpaired) electrons. The van der Waals surface area contributed by atoms with Gasteiger partial charge in [-0.05, 0) is 42.5 Å². The van der Waals surface area contributed by atoms with E-state index >= 15 is 0 Å². The van der Waals surface area contributed by atoms with Gasteiger partial charge in [-0.25, -0.2) is 0 Å². The van der Waals surface area contributed by atoms with Crippen molar-refractivity contribution in [2.24, 2.45) is 11.8 Å². The molecule has 3 nitrogen and oxygen atoms in total. The number of hydrogen-bond donors (Lipinski definition) is 2. The molecular weight excluding hydrogens is 262 g/mol. The van der Waals surface area contributed by atoms with Gasteiger partial charge in [-0.15, -0.1) is 0 Å². The van der Waals surface area contributed by atoms with Gasteiger partial charge in [0.05, 0.1) is 19.3 Å². The molecule has 4 heteroatoms. The van der Waals surface area contributed by atoms with Gasteiger partial charge >= 0.3 is 0 Å². The first-order valence-electron chi connectivity index (χ1n) is 6.86. The molecule has 3 unspecified atom stereocenters. The van der Waals surface area contributed by atoms with E-state index in [2.05, 4.69) is 12.2 Å². The van der Waals surface area contributed by atoms with E-state index in [1.807, 2.05) is 24.3 Å². The fourth-order valence-corrected chi connectivity index (χ4v) is 2.20. The van der Waals surface area contributed by atoms with Crippen LogP contribution >= 0.6 is 11.6 Å². The molecule has 0 bridgehead atoms. The lowest BCUT2D eigenvalue weighted by atomic mass is 10.2. The number of halogens is 1. The monoisotopic (exact) mass is 283 g/mol. The first kappa shape index (κ1) is 14.8. The summed E-state index contributed by atoms with van der Waals surface area (Å²) in [5.74, 6) is 1.66. The van der Waals surface area contributed by atoms with Crippen molar-refractivity contribution < 1.29 is 9.84 Å². The Kier molecular flexibility index (Phi) is 5.64. The summed E-state index contributed by atoms with van der Waals surface area (Å²) >= 11 is 5.81. The highest BCUT2D eigenvalue weighted by Gasteiger charge is 2.31. The first-order valence-corrected chi connectivity index (χ1v) is 7.24. The van der Waals surface area contributed by atoms with Crippen molar-refractivity contribution in [2.45, 2.75) is 26.1 Å². The highest BCUT2D eigenvalue weighted by atomic mass is 35.5. The van der Waals surface area contributed by atoms with Crippen molar-refractivity contribution in [1.29, 1.82) is 0 Å². The number of nitrogens with one attached hydrogen (secondary N) is 1. The van der Waals surface area contributed by atoms with Crippen LogP contribution in [0.3, 0.4) is 0 Å². The smallest absolute Gasteiger partial charge is 0.0897 e. The second-order valence-corrected chi connectivity index (χ2v) is 5.86. The normalized spacial score (nSPS) is 23.3. The summed E-state index contributed by atoms with van der Waals surface area (Å²) in [5, 5.41) is 13.8. The van der Waals surface area contributed by atoms with E-state index in [0.29, 0.717) is 19.8 Å². The van der Waals surface area contributed by atoms with Crippen molar-refractivity contribution in [3.05, 3.63) is 34.9 Å². The Hall–Kier alpha value is -0.610. The Morgan fingerprint density at radius 2 is 2.11 bits per heavy atom. The number of benzene rings is 1. The highest BCUT2D eigenvalue weighted by Crippen LogP contribution is 2.36. The summed E-state index contributed by atoms with van der Waals surface area (Å²) < 4.78 is 5.48. The average Bonchev–Trinajstić information content (AvgIpc) is 3.08. The number of rotatable bonds is 8. The molecule has 0 heterocycles. The zero-order valence-electron chi connectivity index (χ0n) is 11.3. The molecule has 1 aliphatic carbocycles. The number of aliphatic hydroxyl groups is 1. The Labute approximate surface area is 119 Å². The molecule has 106 valence electrons. The van der Waals surface area contributed by atoms with Gasteiger partial charge < -0.3 is 15.2 Å². The summed E-state index contributed by atoms with van der Waals surface area (Å²) in [4.78, 5) is 0. The van der Waals surface area contributed by atoms with Crippen LogP contribution < -0.4 is 5.32 Å². The topological polar surface area (TPSA) is 41.5 Å². The molecule has 0 amide bonds. The van der Waals surface area contributed by atoms with Crippen LogP contribution in [-0.4, -0.2) is 30.9 Å². The van der Waals surface area contributed by atoms with Gasteiger partial charge in [-0.1, -0.05) is 30.7 Å². The minimum absolute atomic E-state index is 0.357. The lowest BCUT2D eigenvalue weighted by molar-refractivity contribution is 0.0288. The average molecular weight is 284 g/mol. The summed E-state index contributed by atoms with van der Waals surface area (Å²) in [5.41, 5.74) is 1.07. The molecule has 0 spiro atoms. The van der Waals surface area contributed by atoms with Crippen LogP contribution in [0.25, 0.3) is 0 Å². The molecular formula is C15H22ClNO2.